The van der Waals surface area contributed by atoms with Crippen molar-refractivity contribution in [3.63, 3.8) is 0 Å². The molecular formula is C14H17F3N6O. The number of likely N-dealkylation sites (N-methyl/N-ethyl adjacent to an activating group) is 1. The molecule has 1 aliphatic rings. The molecule has 7 nitrogen and oxygen atoms in total. The summed E-state index contributed by atoms with van der Waals surface area (Å²) in [4.78, 5) is 15.2. The lowest BCUT2D eigenvalue weighted by Gasteiger charge is -2.44. The third-order valence-electron chi connectivity index (χ3n) is 4.15. The van der Waals surface area contributed by atoms with Gasteiger partial charge in [0.1, 0.15) is 5.82 Å². The zero-order chi connectivity index (χ0) is 17.5. The van der Waals surface area contributed by atoms with Gasteiger partial charge in [-0.25, -0.2) is 0 Å². The molecule has 1 saturated heterocycles. The maximum atomic E-state index is 12.2. The van der Waals surface area contributed by atoms with E-state index in [9.17, 15) is 18.0 Å². The smallest absolute Gasteiger partial charge is 0.351 e. The fourth-order valence-corrected chi connectivity index (χ4v) is 2.57. The zero-order valence-electron chi connectivity index (χ0n) is 13.3. The van der Waals surface area contributed by atoms with Gasteiger partial charge in [-0.2, -0.15) is 17.7 Å². The Kier molecular flexibility index (Phi) is 4.06. The Balaban J connectivity index is 1.57. The molecule has 3 rings (SSSR count). The molecule has 0 unspecified atom stereocenters. The Bertz CT molecular complexity index is 753. The van der Waals surface area contributed by atoms with Crippen molar-refractivity contribution in [2.45, 2.75) is 32.0 Å². The Morgan fingerprint density at radius 2 is 2.04 bits per heavy atom. The van der Waals surface area contributed by atoms with Crippen LogP contribution in [0.25, 0.3) is 5.65 Å². The molecule has 2 aromatic rings. The minimum absolute atomic E-state index is 0.106. The molecule has 24 heavy (non-hydrogen) atoms. The summed E-state index contributed by atoms with van der Waals surface area (Å²) in [5.74, 6) is 0.899. The second kappa shape index (κ2) is 5.91. The number of hydrogen-bond donors (Lipinski definition) is 0. The van der Waals surface area contributed by atoms with Crippen molar-refractivity contribution < 1.29 is 18.0 Å². The molecule has 1 aliphatic heterocycles. The number of fused-ring (bicyclic) bond motifs is 1. The number of anilines is 1. The van der Waals surface area contributed by atoms with E-state index >= 15 is 0 Å². The minimum Gasteiger partial charge on any atom is -0.351 e. The molecule has 0 radical (unpaired) electrons. The summed E-state index contributed by atoms with van der Waals surface area (Å²) in [5, 5.41) is 12.3. The SMILES string of the molecule is Cc1nnc2ccc(N3CC(N(C)C(=O)CCC(F)(F)F)C3)nn12. The normalized spacial score (nSPS) is 15.6. The number of aryl methyl sites for hydroxylation is 1. The second-order valence-corrected chi connectivity index (χ2v) is 5.89. The first-order valence-electron chi connectivity index (χ1n) is 7.51. The summed E-state index contributed by atoms with van der Waals surface area (Å²) in [5.41, 5.74) is 0.646. The number of halogens is 3. The van der Waals surface area contributed by atoms with Crippen LogP contribution in [-0.4, -0.2) is 63.0 Å². The van der Waals surface area contributed by atoms with Gasteiger partial charge in [-0.05, 0) is 19.1 Å². The van der Waals surface area contributed by atoms with Gasteiger partial charge < -0.3 is 9.80 Å². The van der Waals surface area contributed by atoms with E-state index in [1.54, 1.807) is 24.6 Å². The molecule has 0 aliphatic carbocycles. The van der Waals surface area contributed by atoms with Crippen molar-refractivity contribution in [2.75, 3.05) is 25.0 Å². The van der Waals surface area contributed by atoms with Gasteiger partial charge >= 0.3 is 6.18 Å². The number of nitrogens with zero attached hydrogens (tertiary/aromatic N) is 6. The Hall–Kier alpha value is -2.39. The Morgan fingerprint density at radius 3 is 2.71 bits per heavy atom. The zero-order valence-corrected chi connectivity index (χ0v) is 13.3. The van der Waals surface area contributed by atoms with E-state index in [1.807, 2.05) is 11.0 Å². The molecule has 0 saturated carbocycles. The van der Waals surface area contributed by atoms with Gasteiger partial charge in [0.2, 0.25) is 5.91 Å². The monoisotopic (exact) mass is 342 g/mol. The maximum absolute atomic E-state index is 12.2. The van der Waals surface area contributed by atoms with Crippen molar-refractivity contribution in [2.24, 2.45) is 0 Å². The van der Waals surface area contributed by atoms with Crippen LogP contribution in [0.15, 0.2) is 12.1 Å². The van der Waals surface area contributed by atoms with Gasteiger partial charge in [0, 0.05) is 26.6 Å². The van der Waals surface area contributed by atoms with Crippen LogP contribution in [0.1, 0.15) is 18.7 Å². The van der Waals surface area contributed by atoms with E-state index in [1.165, 1.54) is 4.90 Å². The fraction of sp³-hybridized carbons (Fsp3) is 0.571. The van der Waals surface area contributed by atoms with Gasteiger partial charge in [0.15, 0.2) is 11.5 Å². The number of carbonyl (C=O) groups excluding carboxylic acids is 1. The van der Waals surface area contributed by atoms with Crippen molar-refractivity contribution >= 4 is 17.4 Å². The predicted octanol–water partition coefficient (Wildman–Crippen LogP) is 1.42. The van der Waals surface area contributed by atoms with Gasteiger partial charge in [-0.3, -0.25) is 4.79 Å². The topological polar surface area (TPSA) is 66.6 Å². The van der Waals surface area contributed by atoms with E-state index in [4.69, 9.17) is 0 Å². The molecule has 0 aromatic carbocycles. The highest BCUT2D eigenvalue weighted by Crippen LogP contribution is 2.24. The Morgan fingerprint density at radius 1 is 1.33 bits per heavy atom. The van der Waals surface area contributed by atoms with E-state index in [-0.39, 0.29) is 6.04 Å². The van der Waals surface area contributed by atoms with Crippen molar-refractivity contribution in [3.8, 4) is 0 Å². The standard InChI is InChI=1S/C14H17F3N6O/c1-9-18-19-11-3-4-12(20-23(9)11)22-7-10(8-22)21(2)13(24)5-6-14(15,16)17/h3-4,10H,5-8H2,1-2H3. The van der Waals surface area contributed by atoms with Crippen LogP contribution in [0.5, 0.6) is 0 Å². The number of hydrogen-bond acceptors (Lipinski definition) is 5. The Labute approximate surface area is 136 Å². The summed E-state index contributed by atoms with van der Waals surface area (Å²) < 4.78 is 38.2. The average molecular weight is 342 g/mol. The molecule has 0 bridgehead atoms. The molecule has 0 N–H and O–H groups in total. The quantitative estimate of drug-likeness (QED) is 0.841. The molecule has 130 valence electrons. The molecule has 0 spiro atoms. The van der Waals surface area contributed by atoms with Crippen LogP contribution in [0.4, 0.5) is 19.0 Å². The summed E-state index contributed by atoms with van der Waals surface area (Å²) in [7, 11) is 1.54. The molecule has 2 aromatic heterocycles. The van der Waals surface area contributed by atoms with Crippen molar-refractivity contribution in [1.29, 1.82) is 0 Å². The van der Waals surface area contributed by atoms with E-state index in [2.05, 4.69) is 15.3 Å². The molecule has 3 heterocycles. The van der Waals surface area contributed by atoms with Gasteiger partial charge in [0.25, 0.3) is 0 Å². The van der Waals surface area contributed by atoms with Crippen molar-refractivity contribution in [1.82, 2.24) is 24.7 Å². The summed E-state index contributed by atoms with van der Waals surface area (Å²) >= 11 is 0. The van der Waals surface area contributed by atoms with Crippen LogP contribution in [0, 0.1) is 6.92 Å². The summed E-state index contributed by atoms with van der Waals surface area (Å²) in [6.07, 6.45) is -5.91. The van der Waals surface area contributed by atoms with Crippen LogP contribution >= 0.6 is 0 Å². The first kappa shape index (κ1) is 16.5. The number of rotatable bonds is 4. The van der Waals surface area contributed by atoms with Crippen molar-refractivity contribution in [3.05, 3.63) is 18.0 Å². The average Bonchev–Trinajstić information content (AvgIpc) is 2.83. The lowest BCUT2D eigenvalue weighted by Crippen LogP contribution is -2.60. The van der Waals surface area contributed by atoms with Crippen LogP contribution in [0.3, 0.4) is 0 Å². The number of carbonyl (C=O) groups is 1. The number of amides is 1. The highest BCUT2D eigenvalue weighted by molar-refractivity contribution is 5.76. The largest absolute Gasteiger partial charge is 0.389 e. The lowest BCUT2D eigenvalue weighted by molar-refractivity contribution is -0.149. The highest BCUT2D eigenvalue weighted by Gasteiger charge is 2.35. The molecular weight excluding hydrogens is 325 g/mol. The number of aromatic nitrogens is 4. The molecule has 0 atom stereocenters. The molecule has 10 heteroatoms. The van der Waals surface area contributed by atoms with Crippen LogP contribution in [-0.2, 0) is 4.79 Å². The minimum atomic E-state index is -4.31. The first-order chi connectivity index (χ1) is 11.2. The van der Waals surface area contributed by atoms with E-state index in [0.717, 1.165) is 5.82 Å². The second-order valence-electron chi connectivity index (χ2n) is 5.89. The van der Waals surface area contributed by atoms with Gasteiger partial charge in [-0.1, -0.05) is 0 Å². The van der Waals surface area contributed by atoms with Gasteiger partial charge in [-0.15, -0.1) is 15.3 Å². The fourth-order valence-electron chi connectivity index (χ4n) is 2.57. The van der Waals surface area contributed by atoms with E-state index < -0.39 is 24.9 Å². The number of alkyl halides is 3. The molecule has 1 amide bonds. The third kappa shape index (κ3) is 3.26. The van der Waals surface area contributed by atoms with Gasteiger partial charge in [0.05, 0.1) is 12.5 Å². The third-order valence-corrected chi connectivity index (χ3v) is 4.15. The first-order valence-corrected chi connectivity index (χ1v) is 7.51. The maximum Gasteiger partial charge on any atom is 0.389 e. The van der Waals surface area contributed by atoms with Crippen LogP contribution in [0.2, 0.25) is 0 Å². The molecule has 1 fully saturated rings. The lowest BCUT2D eigenvalue weighted by atomic mass is 10.1. The summed E-state index contributed by atoms with van der Waals surface area (Å²) in [6.45, 7) is 2.87. The van der Waals surface area contributed by atoms with E-state index in [0.29, 0.717) is 24.6 Å². The summed E-state index contributed by atoms with van der Waals surface area (Å²) in [6, 6.07) is 3.50. The predicted molar refractivity (Wildman–Crippen MR) is 79.6 cm³/mol. The van der Waals surface area contributed by atoms with Crippen LogP contribution < -0.4 is 4.90 Å². The highest BCUT2D eigenvalue weighted by atomic mass is 19.4.